The van der Waals surface area contributed by atoms with Gasteiger partial charge in [0.05, 0.1) is 18.7 Å². The highest BCUT2D eigenvalue weighted by molar-refractivity contribution is 5.24. The number of aliphatic hydroxyl groups is 1. The molecule has 1 N–H and O–H groups in total. The second-order valence-corrected chi connectivity index (χ2v) is 6.41. The normalized spacial score (nSPS) is 12.1. The molecule has 0 atom stereocenters. The van der Waals surface area contributed by atoms with E-state index in [4.69, 9.17) is 0 Å². The summed E-state index contributed by atoms with van der Waals surface area (Å²) in [5.74, 6) is 0.497. The highest BCUT2D eigenvalue weighted by Gasteiger charge is 2.16. The highest BCUT2D eigenvalue weighted by Crippen LogP contribution is 2.15. The average Bonchev–Trinajstić information content (AvgIpc) is 2.70. The minimum atomic E-state index is -0.956. The third-order valence-corrected chi connectivity index (χ3v) is 3.33. The van der Waals surface area contributed by atoms with Crippen LogP contribution < -0.4 is 5.69 Å². The van der Waals surface area contributed by atoms with E-state index in [-0.39, 0.29) is 12.2 Å². The lowest BCUT2D eigenvalue weighted by atomic mass is 10.0. The van der Waals surface area contributed by atoms with Crippen LogP contribution in [0.15, 0.2) is 35.4 Å². The van der Waals surface area contributed by atoms with Crippen molar-refractivity contribution >= 4 is 0 Å². The number of benzene rings is 1. The molecule has 5 nitrogen and oxygen atoms in total. The van der Waals surface area contributed by atoms with Gasteiger partial charge in [-0.25, -0.2) is 9.48 Å². The highest BCUT2D eigenvalue weighted by atomic mass is 16.3. The first-order valence-corrected chi connectivity index (χ1v) is 7.20. The van der Waals surface area contributed by atoms with Crippen LogP contribution in [0.2, 0.25) is 0 Å². The maximum atomic E-state index is 12.2. The Labute approximate surface area is 124 Å². The monoisotopic (exact) mass is 289 g/mol. The standard InChI is InChI=1S/C16H23N3O2/c1-12(2)14-7-5-13(6-8-14)9-18-11-17-19(15(18)20)10-16(3,4)21/h5-8,11-12,21H,9-10H2,1-4H3. The lowest BCUT2D eigenvalue weighted by Gasteiger charge is -2.15. The van der Waals surface area contributed by atoms with Gasteiger partial charge in [-0.2, -0.15) is 5.10 Å². The molecule has 21 heavy (non-hydrogen) atoms. The predicted octanol–water partition coefficient (Wildman–Crippen LogP) is 1.99. The third kappa shape index (κ3) is 4.04. The van der Waals surface area contributed by atoms with Gasteiger partial charge in [0.1, 0.15) is 6.33 Å². The second-order valence-electron chi connectivity index (χ2n) is 6.41. The minimum Gasteiger partial charge on any atom is -0.389 e. The van der Waals surface area contributed by atoms with Crippen molar-refractivity contribution in [3.63, 3.8) is 0 Å². The van der Waals surface area contributed by atoms with E-state index in [0.29, 0.717) is 12.5 Å². The molecule has 0 amide bonds. The fourth-order valence-corrected chi connectivity index (χ4v) is 2.16. The molecule has 0 saturated carbocycles. The Hall–Kier alpha value is -1.88. The molecule has 2 rings (SSSR count). The third-order valence-electron chi connectivity index (χ3n) is 3.33. The smallest absolute Gasteiger partial charge is 0.346 e. The van der Waals surface area contributed by atoms with Gasteiger partial charge in [0.15, 0.2) is 0 Å². The molecule has 0 spiro atoms. The zero-order valence-electron chi connectivity index (χ0n) is 13.1. The van der Waals surface area contributed by atoms with Gasteiger partial charge in [0.2, 0.25) is 0 Å². The molecular formula is C16H23N3O2. The lowest BCUT2D eigenvalue weighted by Crippen LogP contribution is -2.34. The first kappa shape index (κ1) is 15.5. The summed E-state index contributed by atoms with van der Waals surface area (Å²) in [7, 11) is 0. The molecule has 0 bridgehead atoms. The van der Waals surface area contributed by atoms with Crippen molar-refractivity contribution in [2.45, 2.75) is 52.3 Å². The van der Waals surface area contributed by atoms with Gasteiger partial charge in [-0.3, -0.25) is 4.57 Å². The molecule has 114 valence electrons. The van der Waals surface area contributed by atoms with E-state index in [1.54, 1.807) is 18.4 Å². The molecule has 1 heterocycles. The van der Waals surface area contributed by atoms with E-state index >= 15 is 0 Å². The molecule has 5 heteroatoms. The number of aromatic nitrogens is 3. The summed E-state index contributed by atoms with van der Waals surface area (Å²) in [4.78, 5) is 12.2. The summed E-state index contributed by atoms with van der Waals surface area (Å²) in [5.41, 5.74) is 1.18. The Morgan fingerprint density at radius 1 is 1.24 bits per heavy atom. The van der Waals surface area contributed by atoms with Gasteiger partial charge in [0, 0.05) is 0 Å². The van der Waals surface area contributed by atoms with Crippen molar-refractivity contribution in [3.05, 3.63) is 52.2 Å². The van der Waals surface area contributed by atoms with Gasteiger partial charge in [0.25, 0.3) is 0 Å². The number of hydrogen-bond acceptors (Lipinski definition) is 3. The number of nitrogens with zero attached hydrogens (tertiary/aromatic N) is 3. The topological polar surface area (TPSA) is 60.1 Å². The Morgan fingerprint density at radius 2 is 1.86 bits per heavy atom. The Balaban J connectivity index is 2.15. The summed E-state index contributed by atoms with van der Waals surface area (Å²) in [5, 5.41) is 13.8. The van der Waals surface area contributed by atoms with Crippen LogP contribution >= 0.6 is 0 Å². The zero-order valence-corrected chi connectivity index (χ0v) is 13.1. The second kappa shape index (κ2) is 5.85. The quantitative estimate of drug-likeness (QED) is 0.915. The fraction of sp³-hybridized carbons (Fsp3) is 0.500. The SMILES string of the molecule is CC(C)c1ccc(Cn2cnn(CC(C)(C)O)c2=O)cc1. The van der Waals surface area contributed by atoms with Crippen molar-refractivity contribution in [2.75, 3.05) is 0 Å². The largest absolute Gasteiger partial charge is 0.389 e. The van der Waals surface area contributed by atoms with Crippen molar-refractivity contribution in [3.8, 4) is 0 Å². The van der Waals surface area contributed by atoms with E-state index in [9.17, 15) is 9.90 Å². The van der Waals surface area contributed by atoms with Crippen LogP contribution in [-0.2, 0) is 13.1 Å². The van der Waals surface area contributed by atoms with Crippen LogP contribution in [0.5, 0.6) is 0 Å². The van der Waals surface area contributed by atoms with E-state index in [2.05, 4.69) is 31.1 Å². The van der Waals surface area contributed by atoms with Crippen LogP contribution in [0, 0.1) is 0 Å². The van der Waals surface area contributed by atoms with Crippen molar-refractivity contribution in [1.29, 1.82) is 0 Å². The Morgan fingerprint density at radius 3 is 2.38 bits per heavy atom. The molecule has 0 aliphatic carbocycles. The summed E-state index contributed by atoms with van der Waals surface area (Å²) < 4.78 is 2.85. The summed E-state index contributed by atoms with van der Waals surface area (Å²) in [6.07, 6.45) is 1.52. The molecule has 0 aliphatic rings. The number of rotatable bonds is 5. The first-order valence-electron chi connectivity index (χ1n) is 7.20. The van der Waals surface area contributed by atoms with E-state index < -0.39 is 5.60 Å². The van der Waals surface area contributed by atoms with E-state index in [0.717, 1.165) is 5.56 Å². The maximum absolute atomic E-state index is 12.2. The van der Waals surface area contributed by atoms with E-state index in [1.807, 2.05) is 12.1 Å². The molecule has 0 unspecified atom stereocenters. The number of hydrogen-bond donors (Lipinski definition) is 1. The Kier molecular flexibility index (Phi) is 4.32. The molecule has 1 aromatic heterocycles. The molecule has 0 fully saturated rings. The molecule has 0 radical (unpaired) electrons. The van der Waals surface area contributed by atoms with Crippen molar-refractivity contribution in [1.82, 2.24) is 14.3 Å². The van der Waals surface area contributed by atoms with E-state index in [1.165, 1.54) is 16.6 Å². The van der Waals surface area contributed by atoms with Gasteiger partial charge in [-0.15, -0.1) is 0 Å². The average molecular weight is 289 g/mol. The molecule has 1 aromatic carbocycles. The Bertz CT molecular complexity index is 645. The first-order chi connectivity index (χ1) is 9.76. The van der Waals surface area contributed by atoms with Gasteiger partial charge in [-0.1, -0.05) is 38.1 Å². The fourth-order valence-electron chi connectivity index (χ4n) is 2.16. The summed E-state index contributed by atoms with van der Waals surface area (Å²) in [6.45, 7) is 8.29. The molecule has 2 aromatic rings. The summed E-state index contributed by atoms with van der Waals surface area (Å²) >= 11 is 0. The van der Waals surface area contributed by atoms with Crippen LogP contribution in [0.4, 0.5) is 0 Å². The molecular weight excluding hydrogens is 266 g/mol. The van der Waals surface area contributed by atoms with Gasteiger partial charge in [-0.05, 0) is 30.9 Å². The van der Waals surface area contributed by atoms with Crippen molar-refractivity contribution < 1.29 is 5.11 Å². The van der Waals surface area contributed by atoms with Gasteiger partial charge >= 0.3 is 5.69 Å². The van der Waals surface area contributed by atoms with Gasteiger partial charge < -0.3 is 5.11 Å². The van der Waals surface area contributed by atoms with Crippen LogP contribution in [0.1, 0.15) is 44.7 Å². The summed E-state index contributed by atoms with van der Waals surface area (Å²) in [6, 6.07) is 8.25. The molecule has 0 saturated heterocycles. The zero-order chi connectivity index (χ0) is 15.6. The molecule has 0 aliphatic heterocycles. The lowest BCUT2D eigenvalue weighted by molar-refractivity contribution is 0.0564. The predicted molar refractivity (Wildman–Crippen MR) is 82.4 cm³/mol. The van der Waals surface area contributed by atoms with Crippen LogP contribution in [-0.4, -0.2) is 25.1 Å². The van der Waals surface area contributed by atoms with Crippen LogP contribution in [0.25, 0.3) is 0 Å². The van der Waals surface area contributed by atoms with Crippen LogP contribution in [0.3, 0.4) is 0 Å². The maximum Gasteiger partial charge on any atom is 0.346 e. The minimum absolute atomic E-state index is 0.186. The van der Waals surface area contributed by atoms with Crippen molar-refractivity contribution in [2.24, 2.45) is 0 Å².